The molecule has 1 fully saturated rings. The maximum atomic E-state index is 13.9. The molecule has 1 aliphatic rings. The number of aryl methyl sites for hydroxylation is 1. The zero-order valence-corrected chi connectivity index (χ0v) is 25.6. The van der Waals surface area contributed by atoms with Crippen molar-refractivity contribution in [3.8, 4) is 11.3 Å². The smallest absolute Gasteiger partial charge is 0.351 e. The topological polar surface area (TPSA) is 138 Å². The Morgan fingerprint density at radius 3 is 2.60 bits per heavy atom. The van der Waals surface area contributed by atoms with Gasteiger partial charge < -0.3 is 26.6 Å². The van der Waals surface area contributed by atoms with Crippen molar-refractivity contribution in [2.24, 2.45) is 12.8 Å². The number of alkyl halides is 3. The molecule has 0 saturated heterocycles. The van der Waals surface area contributed by atoms with E-state index in [0.717, 1.165) is 53.9 Å². The fraction of sp³-hybridized carbons (Fsp3) is 0.419. The first kappa shape index (κ1) is 32.1. The number of benzene rings is 2. The molecule has 6 N–H and O–H groups in total. The number of carbonyl (C=O) groups excluding carboxylic acids is 1. The minimum Gasteiger partial charge on any atom is -0.351 e. The number of halogens is 3. The maximum Gasteiger partial charge on any atom is 0.416 e. The Balaban J connectivity index is 1.25. The van der Waals surface area contributed by atoms with Crippen LogP contribution < -0.4 is 27.0 Å². The molecule has 0 spiro atoms. The molecule has 0 bridgehead atoms. The zero-order chi connectivity index (χ0) is 32.1. The summed E-state index contributed by atoms with van der Waals surface area (Å²) in [5.41, 5.74) is 7.72. The van der Waals surface area contributed by atoms with Crippen LogP contribution in [0.25, 0.3) is 22.2 Å². The predicted molar refractivity (Wildman–Crippen MR) is 170 cm³/mol. The molecule has 2 heterocycles. The van der Waals surface area contributed by atoms with Crippen molar-refractivity contribution in [2.45, 2.75) is 50.5 Å². The van der Waals surface area contributed by atoms with Gasteiger partial charge in [0.1, 0.15) is 0 Å². The number of hydrogen-bond acceptors (Lipinski definition) is 8. The van der Waals surface area contributed by atoms with E-state index < -0.39 is 17.8 Å². The second kappa shape index (κ2) is 13.8. The van der Waals surface area contributed by atoms with Gasteiger partial charge in [-0.25, -0.2) is 14.8 Å². The van der Waals surface area contributed by atoms with Gasteiger partial charge in [0.2, 0.25) is 5.95 Å². The highest BCUT2D eigenvalue weighted by molar-refractivity contribution is 5.99. The number of aromatic nitrogens is 4. The van der Waals surface area contributed by atoms with Gasteiger partial charge in [-0.2, -0.15) is 18.3 Å². The van der Waals surface area contributed by atoms with Crippen LogP contribution in [0.1, 0.15) is 36.8 Å². The van der Waals surface area contributed by atoms with Crippen LogP contribution in [0, 0.1) is 0 Å². The number of anilines is 3. The van der Waals surface area contributed by atoms with Crippen LogP contribution in [0.3, 0.4) is 0 Å². The molecular weight excluding hydrogens is 585 g/mol. The summed E-state index contributed by atoms with van der Waals surface area (Å²) < 4.78 is 43.2. The number of nitrogens with zero attached hydrogens (tertiary/aromatic N) is 5. The Hall–Kier alpha value is -4.27. The van der Waals surface area contributed by atoms with E-state index in [1.807, 2.05) is 18.2 Å². The van der Waals surface area contributed by atoms with Crippen LogP contribution in [0.2, 0.25) is 0 Å². The Kier molecular flexibility index (Phi) is 9.85. The lowest BCUT2D eigenvalue weighted by Gasteiger charge is -2.26. The molecule has 2 amide bonds. The fourth-order valence-electron chi connectivity index (χ4n) is 5.51. The first-order valence-corrected chi connectivity index (χ1v) is 14.9. The summed E-state index contributed by atoms with van der Waals surface area (Å²) in [5, 5.41) is 16.7. The Bertz CT molecular complexity index is 1630. The van der Waals surface area contributed by atoms with Crippen LogP contribution in [0.5, 0.6) is 0 Å². The molecule has 45 heavy (non-hydrogen) atoms. The third kappa shape index (κ3) is 8.26. The Morgan fingerprint density at radius 2 is 1.87 bits per heavy atom. The minimum absolute atomic E-state index is 0.0213. The molecule has 14 heteroatoms. The van der Waals surface area contributed by atoms with Gasteiger partial charge in [-0.15, -0.1) is 0 Å². The van der Waals surface area contributed by atoms with Gasteiger partial charge in [0.05, 0.1) is 16.8 Å². The van der Waals surface area contributed by atoms with Crippen molar-refractivity contribution < 1.29 is 18.0 Å². The maximum absolute atomic E-state index is 13.9. The van der Waals surface area contributed by atoms with E-state index in [2.05, 4.69) is 36.3 Å². The fourth-order valence-corrected chi connectivity index (χ4v) is 5.51. The van der Waals surface area contributed by atoms with Crippen molar-refractivity contribution in [3.05, 3.63) is 59.8 Å². The molecule has 2 aromatic heterocycles. The molecule has 4 aromatic rings. The van der Waals surface area contributed by atoms with Crippen molar-refractivity contribution in [1.29, 1.82) is 0 Å². The summed E-state index contributed by atoms with van der Waals surface area (Å²) in [7, 11) is 5.28. The lowest BCUT2D eigenvalue weighted by Crippen LogP contribution is -2.33. The largest absolute Gasteiger partial charge is 0.416 e. The Labute approximate surface area is 259 Å². The number of amides is 2. The normalized spacial score (nSPS) is 17.1. The summed E-state index contributed by atoms with van der Waals surface area (Å²) in [6.07, 6.45) is 1.15. The molecule has 11 nitrogen and oxygen atoms in total. The second-order valence-corrected chi connectivity index (χ2v) is 11.6. The van der Waals surface area contributed by atoms with Gasteiger partial charge in [-0.1, -0.05) is 12.1 Å². The molecule has 0 radical (unpaired) electrons. The van der Waals surface area contributed by atoms with Crippen molar-refractivity contribution >= 4 is 34.4 Å². The number of fused-ring (bicyclic) bond motifs is 1. The highest BCUT2D eigenvalue weighted by atomic mass is 19.4. The first-order chi connectivity index (χ1) is 21.5. The standard InChI is InChI=1S/C31H39F3N10O/c1-36-12-13-43(2)18-20-4-8-24(15-25(20)31(32,33)34)39-30(45)41-28-16-27(44(3)42-28)19-5-11-26-21(14-19)17-37-29(40-26)38-23-9-6-22(35)7-10-23/h4-5,8,11,14-17,22-23,36H,6-7,9-10,12-13,18,35H2,1-3H3,(H,37,38,40)(H2,39,41,42,45). The lowest BCUT2D eigenvalue weighted by molar-refractivity contribution is -0.138. The summed E-state index contributed by atoms with van der Waals surface area (Å²) in [6, 6.07) is 11.1. The molecule has 240 valence electrons. The molecular formula is C31H39F3N10O. The van der Waals surface area contributed by atoms with Gasteiger partial charge in [0.25, 0.3) is 0 Å². The SMILES string of the molecule is CNCCN(C)Cc1ccc(NC(=O)Nc2cc(-c3ccc4nc(NC5CCC(N)CC5)ncc4c3)n(C)n2)cc1C(F)(F)F. The molecule has 0 aliphatic heterocycles. The number of likely N-dealkylation sites (N-methyl/N-ethyl adjacent to an activating group) is 2. The summed E-state index contributed by atoms with van der Waals surface area (Å²) in [6.45, 7) is 1.36. The van der Waals surface area contributed by atoms with E-state index in [4.69, 9.17) is 5.73 Å². The van der Waals surface area contributed by atoms with Gasteiger partial charge in [-0.3, -0.25) is 10.00 Å². The summed E-state index contributed by atoms with van der Waals surface area (Å²) in [4.78, 5) is 23.7. The van der Waals surface area contributed by atoms with E-state index in [-0.39, 0.29) is 29.7 Å². The molecule has 1 saturated carbocycles. The van der Waals surface area contributed by atoms with Gasteiger partial charge in [0, 0.05) is 67.7 Å². The first-order valence-electron chi connectivity index (χ1n) is 14.9. The van der Waals surface area contributed by atoms with Crippen molar-refractivity contribution in [1.82, 2.24) is 30.0 Å². The number of hydrogen-bond donors (Lipinski definition) is 5. The highest BCUT2D eigenvalue weighted by Gasteiger charge is 2.34. The number of urea groups is 1. The minimum atomic E-state index is -4.57. The predicted octanol–water partition coefficient (Wildman–Crippen LogP) is 5.03. The quantitative estimate of drug-likeness (QED) is 0.166. The molecule has 5 rings (SSSR count). The average molecular weight is 625 g/mol. The van der Waals surface area contributed by atoms with Crippen LogP contribution in [0.4, 0.5) is 35.4 Å². The van der Waals surface area contributed by atoms with E-state index in [1.54, 1.807) is 43.0 Å². The van der Waals surface area contributed by atoms with Crippen molar-refractivity contribution in [3.63, 3.8) is 0 Å². The molecule has 1 aliphatic carbocycles. The summed E-state index contributed by atoms with van der Waals surface area (Å²) >= 11 is 0. The number of rotatable bonds is 10. The van der Waals surface area contributed by atoms with Crippen LogP contribution >= 0.6 is 0 Å². The molecule has 2 aromatic carbocycles. The number of nitrogens with two attached hydrogens (primary N) is 1. The van der Waals surface area contributed by atoms with Crippen molar-refractivity contribution in [2.75, 3.05) is 43.1 Å². The third-order valence-electron chi connectivity index (χ3n) is 7.96. The zero-order valence-electron chi connectivity index (χ0n) is 25.6. The van der Waals surface area contributed by atoms with Crippen LogP contribution in [-0.2, 0) is 19.8 Å². The Morgan fingerprint density at radius 1 is 1.09 bits per heavy atom. The third-order valence-corrected chi connectivity index (χ3v) is 7.96. The van der Waals surface area contributed by atoms with Crippen LogP contribution in [0.15, 0.2) is 48.7 Å². The molecule has 0 atom stereocenters. The lowest BCUT2D eigenvalue weighted by atomic mass is 9.92. The van der Waals surface area contributed by atoms with E-state index in [0.29, 0.717) is 25.1 Å². The van der Waals surface area contributed by atoms with Crippen LogP contribution in [-0.4, -0.2) is 69.9 Å². The second-order valence-electron chi connectivity index (χ2n) is 11.6. The highest BCUT2D eigenvalue weighted by Crippen LogP contribution is 2.34. The monoisotopic (exact) mass is 624 g/mol. The number of nitrogens with one attached hydrogen (secondary N) is 4. The molecule has 0 unspecified atom stereocenters. The van der Waals surface area contributed by atoms with Gasteiger partial charge >= 0.3 is 12.2 Å². The number of carbonyl (C=O) groups is 1. The average Bonchev–Trinajstić information content (AvgIpc) is 3.36. The van der Waals surface area contributed by atoms with Gasteiger partial charge in [-0.05, 0) is 69.6 Å². The van der Waals surface area contributed by atoms with Gasteiger partial charge in [0.15, 0.2) is 5.82 Å². The van der Waals surface area contributed by atoms with E-state index in [1.165, 1.54) is 12.1 Å². The van der Waals surface area contributed by atoms with E-state index >= 15 is 0 Å². The summed E-state index contributed by atoms with van der Waals surface area (Å²) in [5.74, 6) is 0.828. The van der Waals surface area contributed by atoms with E-state index in [9.17, 15) is 18.0 Å².